The van der Waals surface area contributed by atoms with Gasteiger partial charge < -0.3 is 0 Å². The first kappa shape index (κ1) is 12.9. The molecule has 0 spiro atoms. The van der Waals surface area contributed by atoms with Gasteiger partial charge in [0.1, 0.15) is 0 Å². The molecule has 3 heteroatoms. The molecule has 0 aliphatic carbocycles. The number of carbonyl (C=O) groups is 2. The number of amides is 2. The van der Waals surface area contributed by atoms with Gasteiger partial charge in [-0.15, -0.1) is 0 Å². The molecule has 102 valence electrons. The van der Waals surface area contributed by atoms with Crippen LogP contribution in [0, 0.1) is 0 Å². The molecule has 0 atom stereocenters. The van der Waals surface area contributed by atoms with E-state index in [1.54, 1.807) is 0 Å². The number of imide groups is 1. The molecule has 1 aliphatic heterocycles. The molecular weight excluding hydrogens is 250 g/mol. The van der Waals surface area contributed by atoms with Gasteiger partial charge in [0, 0.05) is 23.1 Å². The minimum Gasteiger partial charge on any atom is -0.275 e. The first-order valence-electron chi connectivity index (χ1n) is 6.98. The van der Waals surface area contributed by atoms with Crippen molar-refractivity contribution < 1.29 is 9.59 Å². The molecule has 2 aromatic carbocycles. The Morgan fingerprint density at radius 3 is 2.25 bits per heavy atom. The molecule has 0 saturated heterocycles. The van der Waals surface area contributed by atoms with Gasteiger partial charge in [-0.1, -0.05) is 32.0 Å². The summed E-state index contributed by atoms with van der Waals surface area (Å²) in [5, 5.41) is 1.84. The lowest BCUT2D eigenvalue weighted by Crippen LogP contribution is -2.40. The van der Waals surface area contributed by atoms with E-state index in [1.807, 2.05) is 37.3 Å². The van der Waals surface area contributed by atoms with Crippen molar-refractivity contribution in [3.8, 4) is 0 Å². The fraction of sp³-hybridized carbons (Fsp3) is 0.294. The quantitative estimate of drug-likeness (QED) is 0.780. The van der Waals surface area contributed by atoms with E-state index in [9.17, 15) is 9.59 Å². The molecule has 3 nitrogen and oxygen atoms in total. The molecule has 0 radical (unpaired) electrons. The number of rotatable bonds is 2. The molecule has 0 unspecified atom stereocenters. The second kappa shape index (κ2) is 4.44. The average Bonchev–Trinajstić information content (AvgIpc) is 2.44. The molecule has 1 heterocycles. The van der Waals surface area contributed by atoms with Crippen LogP contribution in [0.1, 0.15) is 53.0 Å². The minimum absolute atomic E-state index is 0.184. The second-order valence-corrected chi connectivity index (χ2v) is 5.44. The summed E-state index contributed by atoms with van der Waals surface area (Å²) in [5.74, 6) is -0.0123. The lowest BCUT2D eigenvalue weighted by molar-refractivity contribution is 0.0619. The predicted octanol–water partition coefficient (Wildman–Crippen LogP) is 3.58. The van der Waals surface area contributed by atoms with E-state index in [2.05, 4.69) is 13.8 Å². The molecule has 0 fully saturated rings. The summed E-state index contributed by atoms with van der Waals surface area (Å²) in [4.78, 5) is 26.2. The van der Waals surface area contributed by atoms with E-state index < -0.39 is 0 Å². The highest BCUT2D eigenvalue weighted by Gasteiger charge is 2.32. The Morgan fingerprint density at radius 1 is 1.00 bits per heavy atom. The summed E-state index contributed by atoms with van der Waals surface area (Å²) in [7, 11) is 0. The van der Waals surface area contributed by atoms with Crippen LogP contribution in [0.15, 0.2) is 30.3 Å². The summed E-state index contributed by atoms with van der Waals surface area (Å²) in [6.07, 6.45) is 0. The summed E-state index contributed by atoms with van der Waals surface area (Å²) in [5.41, 5.74) is 2.46. The molecule has 0 saturated carbocycles. The fourth-order valence-electron chi connectivity index (χ4n) is 2.96. The lowest BCUT2D eigenvalue weighted by atomic mass is 9.88. The third kappa shape index (κ3) is 1.59. The Kier molecular flexibility index (Phi) is 2.85. The van der Waals surface area contributed by atoms with Gasteiger partial charge in [0.15, 0.2) is 0 Å². The van der Waals surface area contributed by atoms with Crippen molar-refractivity contribution in [2.45, 2.75) is 26.7 Å². The van der Waals surface area contributed by atoms with Gasteiger partial charge in [-0.05, 0) is 35.9 Å². The smallest absolute Gasteiger partial charge is 0.261 e. The maximum absolute atomic E-state index is 12.4. The van der Waals surface area contributed by atoms with Gasteiger partial charge in [0.05, 0.1) is 0 Å². The van der Waals surface area contributed by atoms with Crippen molar-refractivity contribution in [2.24, 2.45) is 0 Å². The third-order valence-corrected chi connectivity index (χ3v) is 3.96. The zero-order valence-corrected chi connectivity index (χ0v) is 11.9. The number of benzene rings is 2. The first-order valence-corrected chi connectivity index (χ1v) is 6.98. The zero-order chi connectivity index (χ0) is 14.4. The Balaban J connectivity index is 2.41. The summed E-state index contributed by atoms with van der Waals surface area (Å²) in [6.45, 7) is 6.46. The summed E-state index contributed by atoms with van der Waals surface area (Å²) < 4.78 is 0. The molecule has 2 aromatic rings. The standard InChI is InChI=1S/C17H17NO2/c1-4-18-16(19)13-7-5-6-12-11(10(2)3)8-9-14(15(12)13)17(18)20/h5-10H,4H2,1-3H3. The highest BCUT2D eigenvalue weighted by Crippen LogP contribution is 2.34. The predicted molar refractivity (Wildman–Crippen MR) is 79.1 cm³/mol. The largest absolute Gasteiger partial charge is 0.275 e. The van der Waals surface area contributed by atoms with Gasteiger partial charge in [0.25, 0.3) is 11.8 Å². The van der Waals surface area contributed by atoms with E-state index in [0.717, 1.165) is 10.8 Å². The SMILES string of the molecule is CCN1C(=O)c2cccc3c(C(C)C)ccc(c23)C1=O. The highest BCUT2D eigenvalue weighted by molar-refractivity contribution is 6.25. The Labute approximate surface area is 118 Å². The maximum atomic E-state index is 12.4. The van der Waals surface area contributed by atoms with Crippen molar-refractivity contribution >= 4 is 22.6 Å². The second-order valence-electron chi connectivity index (χ2n) is 5.44. The van der Waals surface area contributed by atoms with Crippen molar-refractivity contribution in [3.05, 3.63) is 47.0 Å². The van der Waals surface area contributed by atoms with Crippen LogP contribution in [-0.4, -0.2) is 23.3 Å². The Hall–Kier alpha value is -2.16. The molecule has 0 aromatic heterocycles. The Morgan fingerprint density at radius 2 is 1.65 bits per heavy atom. The van der Waals surface area contributed by atoms with Crippen LogP contribution in [0.25, 0.3) is 10.8 Å². The van der Waals surface area contributed by atoms with Gasteiger partial charge in [-0.2, -0.15) is 0 Å². The Bertz CT molecular complexity index is 709. The van der Waals surface area contributed by atoms with Gasteiger partial charge in [-0.3, -0.25) is 14.5 Å². The van der Waals surface area contributed by atoms with Crippen LogP contribution in [-0.2, 0) is 0 Å². The lowest BCUT2D eigenvalue weighted by Gasteiger charge is -2.27. The van der Waals surface area contributed by atoms with E-state index in [1.165, 1.54) is 10.5 Å². The van der Waals surface area contributed by atoms with E-state index in [-0.39, 0.29) is 11.8 Å². The van der Waals surface area contributed by atoms with Crippen LogP contribution >= 0.6 is 0 Å². The number of hydrogen-bond donors (Lipinski definition) is 0. The van der Waals surface area contributed by atoms with Gasteiger partial charge in [0.2, 0.25) is 0 Å². The van der Waals surface area contributed by atoms with Gasteiger partial charge >= 0.3 is 0 Å². The van der Waals surface area contributed by atoms with Crippen LogP contribution < -0.4 is 0 Å². The average molecular weight is 267 g/mol. The van der Waals surface area contributed by atoms with Crippen molar-refractivity contribution in [3.63, 3.8) is 0 Å². The summed E-state index contributed by atoms with van der Waals surface area (Å²) >= 11 is 0. The molecule has 2 amide bonds. The van der Waals surface area contributed by atoms with Crippen molar-refractivity contribution in [1.29, 1.82) is 0 Å². The van der Waals surface area contributed by atoms with Crippen LogP contribution in [0.5, 0.6) is 0 Å². The van der Waals surface area contributed by atoms with Crippen molar-refractivity contribution in [2.75, 3.05) is 6.54 Å². The molecule has 0 bridgehead atoms. The van der Waals surface area contributed by atoms with Crippen LogP contribution in [0.3, 0.4) is 0 Å². The number of carbonyl (C=O) groups excluding carboxylic acids is 2. The molecule has 0 N–H and O–H groups in total. The molecular formula is C17H17NO2. The highest BCUT2D eigenvalue weighted by atomic mass is 16.2. The third-order valence-electron chi connectivity index (χ3n) is 3.96. The van der Waals surface area contributed by atoms with E-state index in [0.29, 0.717) is 23.6 Å². The van der Waals surface area contributed by atoms with Crippen LogP contribution in [0.4, 0.5) is 0 Å². The monoisotopic (exact) mass is 267 g/mol. The minimum atomic E-state index is -0.184. The van der Waals surface area contributed by atoms with Crippen molar-refractivity contribution in [1.82, 2.24) is 4.90 Å². The molecule has 1 aliphatic rings. The topological polar surface area (TPSA) is 37.4 Å². The fourth-order valence-corrected chi connectivity index (χ4v) is 2.96. The van der Waals surface area contributed by atoms with Crippen LogP contribution in [0.2, 0.25) is 0 Å². The van der Waals surface area contributed by atoms with Gasteiger partial charge in [-0.25, -0.2) is 0 Å². The maximum Gasteiger partial charge on any atom is 0.261 e. The first-order chi connectivity index (χ1) is 9.56. The van der Waals surface area contributed by atoms with E-state index >= 15 is 0 Å². The molecule has 3 rings (SSSR count). The van der Waals surface area contributed by atoms with E-state index in [4.69, 9.17) is 0 Å². The number of nitrogens with zero attached hydrogens (tertiary/aromatic N) is 1. The molecule has 20 heavy (non-hydrogen) atoms. The zero-order valence-electron chi connectivity index (χ0n) is 11.9. The number of hydrogen-bond acceptors (Lipinski definition) is 2. The normalized spacial score (nSPS) is 14.5. The summed E-state index contributed by atoms with van der Waals surface area (Å²) in [6, 6.07) is 9.58.